The molecular weight excluding hydrogens is 388 g/mol. The maximum Gasteiger partial charge on any atom is 0.338 e. The van der Waals surface area contributed by atoms with Crippen LogP contribution < -0.4 is 10.9 Å². The van der Waals surface area contributed by atoms with Crippen molar-refractivity contribution in [1.29, 1.82) is 0 Å². The summed E-state index contributed by atoms with van der Waals surface area (Å²) in [4.78, 5) is 48.0. The van der Waals surface area contributed by atoms with Crippen LogP contribution in [0.15, 0.2) is 48.5 Å². The summed E-state index contributed by atoms with van der Waals surface area (Å²) < 4.78 is 10.2. The van der Waals surface area contributed by atoms with Gasteiger partial charge in [0.25, 0.3) is 11.8 Å². The molecule has 2 aromatic rings. The molecule has 0 spiro atoms. The van der Waals surface area contributed by atoms with E-state index in [1.807, 2.05) is 0 Å². The first kappa shape index (κ1) is 22.6. The molecule has 2 N–H and O–H groups in total. The van der Waals surface area contributed by atoms with Crippen molar-refractivity contribution in [2.24, 2.45) is 0 Å². The Bertz CT molecular complexity index is 840. The van der Waals surface area contributed by atoms with Gasteiger partial charge in [0.15, 0.2) is 0 Å². The summed E-state index contributed by atoms with van der Waals surface area (Å²) in [5.41, 5.74) is 5.74. The van der Waals surface area contributed by atoms with Crippen LogP contribution in [0, 0.1) is 0 Å². The summed E-state index contributed by atoms with van der Waals surface area (Å²) in [6.07, 6.45) is -0.490. The number of hydrogen-bond donors (Lipinski definition) is 2. The van der Waals surface area contributed by atoms with Crippen molar-refractivity contribution in [2.75, 3.05) is 0 Å². The van der Waals surface area contributed by atoms with E-state index in [1.54, 1.807) is 27.7 Å². The Hall–Kier alpha value is -3.68. The van der Waals surface area contributed by atoms with Gasteiger partial charge in [0.05, 0.1) is 23.3 Å². The molecule has 158 valence electrons. The second kappa shape index (κ2) is 10.2. The van der Waals surface area contributed by atoms with Crippen molar-refractivity contribution < 1.29 is 28.7 Å². The first-order valence-corrected chi connectivity index (χ1v) is 9.40. The second-order valence-electron chi connectivity index (χ2n) is 6.97. The van der Waals surface area contributed by atoms with Crippen molar-refractivity contribution in [3.05, 3.63) is 70.8 Å². The lowest BCUT2D eigenvalue weighted by Crippen LogP contribution is -2.41. The zero-order valence-corrected chi connectivity index (χ0v) is 17.2. The van der Waals surface area contributed by atoms with Crippen molar-refractivity contribution in [3.63, 3.8) is 0 Å². The van der Waals surface area contributed by atoms with Gasteiger partial charge in [-0.05, 0) is 76.2 Å². The van der Waals surface area contributed by atoms with Gasteiger partial charge in [-0.1, -0.05) is 0 Å². The fourth-order valence-corrected chi connectivity index (χ4v) is 2.34. The van der Waals surface area contributed by atoms with Crippen LogP contribution in [0.5, 0.6) is 0 Å². The second-order valence-corrected chi connectivity index (χ2v) is 6.97. The Morgan fingerprint density at radius 1 is 0.567 bits per heavy atom. The molecule has 0 aliphatic heterocycles. The maximum atomic E-state index is 12.2. The predicted octanol–water partition coefficient (Wildman–Crippen LogP) is 2.89. The smallest absolute Gasteiger partial charge is 0.338 e. The molecule has 0 fully saturated rings. The third-order valence-electron chi connectivity index (χ3n) is 3.74. The van der Waals surface area contributed by atoms with Gasteiger partial charge in [-0.25, -0.2) is 9.59 Å². The molecule has 0 saturated heterocycles. The van der Waals surface area contributed by atoms with Crippen LogP contribution in [0.2, 0.25) is 0 Å². The highest BCUT2D eigenvalue weighted by Gasteiger charge is 2.14. The molecule has 0 aromatic heterocycles. The fraction of sp³-hybridized carbons (Fsp3) is 0.273. The summed E-state index contributed by atoms with van der Waals surface area (Å²) in [5.74, 6) is -2.06. The minimum atomic E-state index is -0.552. The Balaban J connectivity index is 1.92. The van der Waals surface area contributed by atoms with E-state index in [9.17, 15) is 19.2 Å². The number of carbonyl (C=O) groups excluding carboxylic acids is 4. The topological polar surface area (TPSA) is 111 Å². The molecule has 0 aliphatic rings. The summed E-state index contributed by atoms with van der Waals surface area (Å²) in [5, 5.41) is 0. The van der Waals surface area contributed by atoms with Gasteiger partial charge in [0.1, 0.15) is 0 Å². The first-order chi connectivity index (χ1) is 14.2. The first-order valence-electron chi connectivity index (χ1n) is 9.40. The van der Waals surface area contributed by atoms with Crippen LogP contribution >= 0.6 is 0 Å². The molecule has 0 unspecified atom stereocenters. The molecule has 0 saturated carbocycles. The SMILES string of the molecule is CC(C)OC(=O)c1ccc(C(=O)NNC(=O)c2ccc(C(=O)OC(C)C)cc2)cc1. The highest BCUT2D eigenvalue weighted by Crippen LogP contribution is 2.09. The van der Waals surface area contributed by atoms with Gasteiger partial charge in [0, 0.05) is 11.1 Å². The minimum Gasteiger partial charge on any atom is -0.459 e. The molecular formula is C22H24N2O6. The number of amides is 2. The molecule has 0 aliphatic carbocycles. The van der Waals surface area contributed by atoms with E-state index in [0.29, 0.717) is 11.1 Å². The molecule has 2 amide bonds. The number of carbonyl (C=O) groups is 4. The average Bonchev–Trinajstić information content (AvgIpc) is 2.71. The van der Waals surface area contributed by atoms with Crippen LogP contribution in [0.1, 0.15) is 69.1 Å². The van der Waals surface area contributed by atoms with E-state index in [2.05, 4.69) is 10.9 Å². The van der Waals surface area contributed by atoms with Gasteiger partial charge < -0.3 is 9.47 Å². The predicted molar refractivity (Wildman–Crippen MR) is 109 cm³/mol. The summed E-state index contributed by atoms with van der Waals surface area (Å²) in [6, 6.07) is 11.7. The van der Waals surface area contributed by atoms with E-state index in [0.717, 1.165) is 0 Å². The van der Waals surface area contributed by atoms with E-state index in [-0.39, 0.29) is 23.3 Å². The van der Waals surface area contributed by atoms with Crippen molar-refractivity contribution in [1.82, 2.24) is 10.9 Å². The van der Waals surface area contributed by atoms with E-state index >= 15 is 0 Å². The number of hydrogen-bond acceptors (Lipinski definition) is 6. The molecule has 0 atom stereocenters. The third-order valence-corrected chi connectivity index (χ3v) is 3.74. The maximum absolute atomic E-state index is 12.2. The van der Waals surface area contributed by atoms with Crippen LogP contribution in [0.25, 0.3) is 0 Å². The van der Waals surface area contributed by atoms with Gasteiger partial charge in [0.2, 0.25) is 0 Å². The largest absolute Gasteiger partial charge is 0.459 e. The number of ether oxygens (including phenoxy) is 2. The van der Waals surface area contributed by atoms with Crippen LogP contribution in [0.3, 0.4) is 0 Å². The van der Waals surface area contributed by atoms with Crippen molar-refractivity contribution in [2.45, 2.75) is 39.9 Å². The summed E-state index contributed by atoms with van der Waals surface area (Å²) >= 11 is 0. The van der Waals surface area contributed by atoms with E-state index < -0.39 is 23.8 Å². The molecule has 30 heavy (non-hydrogen) atoms. The van der Waals surface area contributed by atoms with E-state index in [4.69, 9.17) is 9.47 Å². The molecule has 0 bridgehead atoms. The zero-order chi connectivity index (χ0) is 22.3. The Morgan fingerprint density at radius 2 is 0.833 bits per heavy atom. The number of esters is 2. The fourth-order valence-electron chi connectivity index (χ4n) is 2.34. The van der Waals surface area contributed by atoms with Crippen LogP contribution in [0.4, 0.5) is 0 Å². The Morgan fingerprint density at radius 3 is 1.10 bits per heavy atom. The van der Waals surface area contributed by atoms with E-state index in [1.165, 1.54) is 48.5 Å². The molecule has 2 rings (SSSR count). The molecule has 0 radical (unpaired) electrons. The van der Waals surface area contributed by atoms with Crippen LogP contribution in [-0.2, 0) is 9.47 Å². The van der Waals surface area contributed by atoms with Gasteiger partial charge in [-0.3, -0.25) is 20.4 Å². The van der Waals surface area contributed by atoms with Crippen LogP contribution in [-0.4, -0.2) is 36.0 Å². The van der Waals surface area contributed by atoms with Gasteiger partial charge in [-0.15, -0.1) is 0 Å². The lowest BCUT2D eigenvalue weighted by atomic mass is 10.1. The number of benzene rings is 2. The molecule has 8 heteroatoms. The molecule has 2 aromatic carbocycles. The molecule has 0 heterocycles. The zero-order valence-electron chi connectivity index (χ0n) is 17.2. The van der Waals surface area contributed by atoms with Gasteiger partial charge in [-0.2, -0.15) is 0 Å². The van der Waals surface area contributed by atoms with Crippen molar-refractivity contribution in [3.8, 4) is 0 Å². The normalized spacial score (nSPS) is 10.5. The Labute approximate surface area is 174 Å². The third kappa shape index (κ3) is 6.44. The monoisotopic (exact) mass is 412 g/mol. The lowest BCUT2D eigenvalue weighted by molar-refractivity contribution is 0.0367. The molecule has 8 nitrogen and oxygen atoms in total. The number of nitrogens with one attached hydrogen (secondary N) is 2. The quantitative estimate of drug-likeness (QED) is 0.558. The number of hydrazine groups is 1. The Kier molecular flexibility index (Phi) is 7.69. The standard InChI is InChI=1S/C22H24N2O6/c1-13(2)29-21(27)17-9-5-15(6-10-17)19(25)23-24-20(26)16-7-11-18(12-8-16)22(28)30-14(3)4/h5-14H,1-4H3,(H,23,25)(H,24,26). The van der Waals surface area contributed by atoms with Crippen molar-refractivity contribution >= 4 is 23.8 Å². The average molecular weight is 412 g/mol. The lowest BCUT2D eigenvalue weighted by Gasteiger charge is -2.10. The highest BCUT2D eigenvalue weighted by molar-refractivity contribution is 6.00. The summed E-state index contributed by atoms with van der Waals surface area (Å²) in [6.45, 7) is 6.97. The van der Waals surface area contributed by atoms with Gasteiger partial charge >= 0.3 is 11.9 Å². The summed E-state index contributed by atoms with van der Waals surface area (Å²) in [7, 11) is 0. The minimum absolute atomic E-state index is 0.245. The number of rotatable bonds is 6. The highest BCUT2D eigenvalue weighted by atomic mass is 16.5.